The Morgan fingerprint density at radius 1 is 0.457 bits per heavy atom. The molecule has 0 aliphatic heterocycles. The highest BCUT2D eigenvalue weighted by molar-refractivity contribution is 7.98. The summed E-state index contributed by atoms with van der Waals surface area (Å²) < 4.78 is 22.5. The van der Waals surface area contributed by atoms with Crippen LogP contribution in [0.3, 0.4) is 0 Å². The Hall–Kier alpha value is -17.0. The second-order valence-electron chi connectivity index (χ2n) is 27.9. The lowest BCUT2D eigenvalue weighted by Crippen LogP contribution is -2.17. The van der Waals surface area contributed by atoms with Crippen LogP contribution in [-0.4, -0.2) is 203 Å². The number of anilines is 1. The minimum Gasteiger partial charge on any atom is -0.392 e. The van der Waals surface area contributed by atoms with E-state index in [1.165, 1.54) is 45.1 Å². The number of rotatable bonds is 22. The number of nitrogens with two attached hydrogens (primary N) is 1. The van der Waals surface area contributed by atoms with Gasteiger partial charge >= 0.3 is 11.6 Å². The van der Waals surface area contributed by atoms with Crippen molar-refractivity contribution in [3.05, 3.63) is 449 Å². The Balaban J connectivity index is 0.00000153. The highest BCUT2D eigenvalue weighted by Gasteiger charge is 2.12. The zero-order chi connectivity index (χ0) is 103. The van der Waals surface area contributed by atoms with Gasteiger partial charge in [0, 0.05) is 166 Å². The molecule has 14 aromatic rings. The molecule has 0 aliphatic carbocycles. The van der Waals surface area contributed by atoms with Crippen molar-refractivity contribution >= 4 is 40.8 Å². The summed E-state index contributed by atoms with van der Waals surface area (Å²) in [5.41, 5.74) is 15.0. The monoisotopic (exact) mass is 1930 g/mol. The van der Waals surface area contributed by atoms with Gasteiger partial charge in [-0.2, -0.15) is 13.4 Å². The molecule has 7 aromatic heterocycles. The zero-order valence-electron chi connectivity index (χ0n) is 78.5. The number of aromatic nitrogens is 14. The number of hydrogen-bond donors (Lipinski definition) is 5. The molecule has 43 nitrogen and oxygen atoms in total. The van der Waals surface area contributed by atoms with Gasteiger partial charge < -0.3 is 31.4 Å². The summed E-state index contributed by atoms with van der Waals surface area (Å²) in [5.74, 6) is 8.89. The van der Waals surface area contributed by atoms with Crippen LogP contribution in [0.4, 0.5) is 5.95 Å². The zero-order valence-corrected chi connectivity index (χ0v) is 80.2. The van der Waals surface area contributed by atoms with Gasteiger partial charge in [-0.1, -0.05) is 238 Å². The van der Waals surface area contributed by atoms with Gasteiger partial charge in [-0.25, -0.2) is 51.4 Å². The molecule has 0 saturated carbocycles. The van der Waals surface area contributed by atoms with Crippen molar-refractivity contribution in [2.24, 2.45) is 16.6 Å². The summed E-state index contributed by atoms with van der Waals surface area (Å²) >= 11 is 0.784. The third-order valence-corrected chi connectivity index (χ3v) is 15.9. The highest BCUT2D eigenvalue weighted by Crippen LogP contribution is 2.18. The molecule has 1 atom stereocenters. The van der Waals surface area contributed by atoms with Gasteiger partial charge in [-0.15, -0.1) is 0 Å². The Kier molecular flexibility index (Phi) is 66.2. The summed E-state index contributed by atoms with van der Waals surface area (Å²) in [5, 5.41) is 82.0. The molecule has 14 rings (SSSR count). The predicted octanol–water partition coefficient (Wildman–Crippen LogP) is 14.8. The number of thioether (sulfide) groups is 1. The Labute approximate surface area is 806 Å². The number of hydrogen-bond acceptors (Lipinski definition) is 31. The predicted molar refractivity (Wildman–Crippen MR) is 531 cm³/mol. The number of amidine groups is 1. The molecule has 7 aromatic carbocycles. The maximum absolute atomic E-state index is 9.34. The molecule has 0 radical (unpaired) electrons. The van der Waals surface area contributed by atoms with Crippen molar-refractivity contribution in [2.75, 3.05) is 74.0 Å². The van der Waals surface area contributed by atoms with Crippen molar-refractivity contribution in [1.82, 2.24) is 68.5 Å². The van der Waals surface area contributed by atoms with Gasteiger partial charge in [0.2, 0.25) is 12.5 Å². The van der Waals surface area contributed by atoms with Crippen LogP contribution < -0.4 is 11.1 Å². The van der Waals surface area contributed by atoms with Crippen molar-refractivity contribution in [1.29, 1.82) is 5.41 Å². The smallest absolute Gasteiger partial charge is 0.335 e. The number of imidazole rings is 4. The minimum absolute atomic E-state index is 0.407. The first-order valence-electron chi connectivity index (χ1n) is 41.2. The summed E-state index contributed by atoms with van der Waals surface area (Å²) in [6.45, 7) is 18.0. The fourth-order valence-electron chi connectivity index (χ4n) is 10.2. The molecule has 6 N–H and O–H groups in total. The van der Waals surface area contributed by atoms with Gasteiger partial charge in [0.25, 0.3) is 0 Å². The first kappa shape index (κ1) is 121. The number of aliphatic imine (C=N–C) groups is 1. The van der Waals surface area contributed by atoms with E-state index in [0.29, 0.717) is 30.7 Å². The van der Waals surface area contributed by atoms with Gasteiger partial charge in [-0.05, 0) is 84.5 Å². The number of aliphatic hydroxyl groups is 1. The van der Waals surface area contributed by atoms with Crippen LogP contribution >= 0.6 is 11.8 Å². The van der Waals surface area contributed by atoms with E-state index < -0.39 is 52.1 Å². The fraction of sp³-hybridized carbons (Fsp3) is 0.258. The van der Waals surface area contributed by atoms with Crippen LogP contribution in [0.2, 0.25) is 0 Å². The van der Waals surface area contributed by atoms with E-state index in [0.717, 1.165) is 158 Å². The highest BCUT2D eigenvalue weighted by atomic mass is 32.2. The number of H-pyrrole nitrogens is 1. The molecule has 7 heterocycles. The standard InChI is InChI=1S/C17H19N5O.C15H14N4S.C15H14N4.C12H18N2.C10H10N2.C9H11N.C8H7N.7CH3NO2.O2S/c1-13(23)12-20-17-19-8-7-15(21-17)22-10-9-18-16(22)11-14-5-3-2-4-6-14;1-20-15-17-8-7-13(18-15)19-10-9-16-14(19)11-12-5-3-2-4-6-12;1-12-16-8-7-14(18-12)19-10-9-17-15(19)11-13-5-3-2-4-6-13;1-10(2)9-14-12(13)8-11-6-4-3-5-7-11;1-2-4-9(5-3-1)8-10-11-6-7-12-10;1-8(10)7-9-5-3-2-4-6-9;1-9-7-8-5-3-2-4-6-8;7*1-2(3)4;1-3-2/h2-10,13,23H,11-12H2,1H3,(H,19,20,21);2-10H,11H2,1H3;2-10H,11H2,1H3;3-7,10H,8-9H2,1-2H3,(H2,13,14);1-7H,8H2,(H,11,12);2-6,10H,7H2,1H3;2-6H,7H2;7*1H3;/t13-;;;;;;;;;;;;;;/m0............../s1. The molecule has 0 saturated heterocycles. The molecule has 0 bridgehead atoms. The summed E-state index contributed by atoms with van der Waals surface area (Å²) in [6.07, 6.45) is 26.2. The molecule has 138 heavy (non-hydrogen) atoms. The molecule has 0 fully saturated rings. The van der Waals surface area contributed by atoms with Crippen LogP contribution in [0.15, 0.2) is 309 Å². The Morgan fingerprint density at radius 2 is 0.768 bits per heavy atom. The fourth-order valence-corrected chi connectivity index (χ4v) is 10.6. The van der Waals surface area contributed by atoms with E-state index >= 15 is 0 Å². The topological polar surface area (TPSA) is 594 Å². The second kappa shape index (κ2) is 75.5. The number of nitrogens with one attached hydrogen (secondary N) is 3. The lowest BCUT2D eigenvalue weighted by molar-refractivity contribution is -0.445. The molecule has 45 heteroatoms. The SMILES string of the molecule is CC(=N)Cc1ccccc1.CC(C)CN=C(N)Cc1ccccc1.CSc1nccc(-n2ccnc2Cc2ccccc2)n1.C[C@H](O)CNc1nccc(-n2ccnc2Cc2ccccc2)n1.C[N+](=O)[O-].C[N+](=O)[O-].C[N+](=O)[O-].C[N+](=O)[O-].C[N+](=O)[O-].C[N+](=O)[O-].C[N+](=O)[O-].Cc1nccc(-n2ccnc2Cc2ccccc2)n1.O=S=O.[C-]#[N+]Cc1ccccc1.c1ccc(Cc2ncc[nH]2)cc1. The van der Waals surface area contributed by atoms with Crippen LogP contribution in [0, 0.1) is 95.6 Å². The minimum atomic E-state index is -0.750. The van der Waals surface area contributed by atoms with E-state index in [1.54, 1.807) is 50.3 Å². The third-order valence-electron chi connectivity index (χ3n) is 15.3. The van der Waals surface area contributed by atoms with Crippen molar-refractivity contribution in [3.8, 4) is 17.5 Å². The Bertz CT molecular complexity index is 5670. The molecule has 0 unspecified atom stereocenters. The molecular weight excluding hydrogens is 1820 g/mol. The summed E-state index contributed by atoms with van der Waals surface area (Å²) in [4.78, 5) is 112. The normalized spacial score (nSPS) is 9.68. The van der Waals surface area contributed by atoms with Crippen molar-refractivity contribution in [3.63, 3.8) is 0 Å². The molecule has 0 spiro atoms. The van der Waals surface area contributed by atoms with Gasteiger partial charge in [0.1, 0.15) is 46.6 Å². The largest absolute Gasteiger partial charge is 0.392 e. The number of nitrogens with zero attached hydrogens (tertiary/aromatic N) is 22. The van der Waals surface area contributed by atoms with Crippen LogP contribution in [0.5, 0.6) is 0 Å². The maximum Gasteiger partial charge on any atom is 0.335 e. The third kappa shape index (κ3) is 67.2. The average Bonchev–Trinajstić information content (AvgIpc) is 1.68. The van der Waals surface area contributed by atoms with Crippen LogP contribution in [0.1, 0.15) is 95.8 Å². The van der Waals surface area contributed by atoms with Crippen LogP contribution in [-0.2, 0) is 56.6 Å². The number of aliphatic hydroxyl groups excluding tert-OH is 1. The lowest BCUT2D eigenvalue weighted by atomic mass is 10.1. The summed E-state index contributed by atoms with van der Waals surface area (Å²) in [6, 6.07) is 76.7. The first-order valence-corrected chi connectivity index (χ1v) is 43.1. The number of benzene rings is 7. The molecular formula is C93H114N26O17S2. The van der Waals surface area contributed by atoms with Crippen molar-refractivity contribution in [2.45, 2.75) is 90.9 Å². The van der Waals surface area contributed by atoms with E-state index in [4.69, 9.17) is 96.9 Å². The molecule has 730 valence electrons. The van der Waals surface area contributed by atoms with E-state index in [-0.39, 0.29) is 0 Å². The first-order chi connectivity index (χ1) is 65.8. The maximum atomic E-state index is 9.34. The van der Waals surface area contributed by atoms with E-state index in [9.17, 15) is 5.11 Å². The number of aryl methyl sites for hydroxylation is 1. The lowest BCUT2D eigenvalue weighted by Gasteiger charge is -2.10. The quantitative estimate of drug-likeness (QED) is 0.00800. The molecule has 0 aliphatic rings. The van der Waals surface area contributed by atoms with Gasteiger partial charge in [0.05, 0.1) is 11.9 Å². The number of nitro groups is 7. The Morgan fingerprint density at radius 3 is 1.08 bits per heavy atom. The van der Waals surface area contributed by atoms with E-state index in [2.05, 4.69) is 144 Å². The van der Waals surface area contributed by atoms with Crippen molar-refractivity contribution < 1.29 is 48.0 Å². The molecule has 0 amide bonds. The average molecular weight is 1930 g/mol. The van der Waals surface area contributed by atoms with Gasteiger partial charge in [-0.3, -0.25) is 89.5 Å². The van der Waals surface area contributed by atoms with Crippen LogP contribution in [0.25, 0.3) is 22.3 Å². The van der Waals surface area contributed by atoms with Gasteiger partial charge in [0.15, 0.2) is 54.5 Å². The number of aromatic amines is 1. The summed E-state index contributed by atoms with van der Waals surface area (Å²) in [7, 11) is 6.22. The van der Waals surface area contributed by atoms with E-state index in [1.807, 2.05) is 228 Å². The second-order valence-corrected chi connectivity index (χ2v) is 28.8.